The Morgan fingerprint density at radius 3 is 2.70 bits per heavy atom. The van der Waals surface area contributed by atoms with Gasteiger partial charge in [-0.05, 0) is 18.6 Å². The number of carbonyl (C=O) groups excluding carboxylic acids is 1. The van der Waals surface area contributed by atoms with Gasteiger partial charge < -0.3 is 5.32 Å². The van der Waals surface area contributed by atoms with Gasteiger partial charge in [-0.15, -0.1) is 0 Å². The maximum atomic E-state index is 13.1. The van der Waals surface area contributed by atoms with Crippen LogP contribution in [-0.2, 0) is 9.84 Å². The number of amides is 1. The zero-order chi connectivity index (χ0) is 14.9. The first kappa shape index (κ1) is 14.4. The summed E-state index contributed by atoms with van der Waals surface area (Å²) in [7, 11) is -3.13. The minimum absolute atomic E-state index is 0.00150. The van der Waals surface area contributed by atoms with Crippen molar-refractivity contribution in [3.63, 3.8) is 0 Å². The van der Waals surface area contributed by atoms with E-state index < -0.39 is 38.2 Å². The van der Waals surface area contributed by atoms with Crippen molar-refractivity contribution >= 4 is 21.4 Å². The summed E-state index contributed by atoms with van der Waals surface area (Å²) in [6, 6.07) is 2.25. The molecule has 20 heavy (non-hydrogen) atoms. The van der Waals surface area contributed by atoms with Crippen molar-refractivity contribution in [1.82, 2.24) is 5.32 Å². The molecule has 9 heteroatoms. The van der Waals surface area contributed by atoms with E-state index in [1.165, 1.54) is 0 Å². The molecule has 1 amide bonds. The molecular weight excluding hydrogens is 291 g/mol. The molecule has 1 aromatic rings. The van der Waals surface area contributed by atoms with Gasteiger partial charge >= 0.3 is 5.69 Å². The topological polar surface area (TPSA) is 106 Å². The molecule has 7 nitrogen and oxygen atoms in total. The summed E-state index contributed by atoms with van der Waals surface area (Å²) in [5, 5.41) is 13.1. The minimum atomic E-state index is -3.13. The average Bonchev–Trinajstić information content (AvgIpc) is 2.68. The number of hydrogen-bond donors (Lipinski definition) is 1. The largest absolute Gasteiger partial charge is 0.348 e. The van der Waals surface area contributed by atoms with E-state index in [0.717, 1.165) is 18.2 Å². The number of benzene rings is 1. The molecule has 1 aliphatic heterocycles. The summed E-state index contributed by atoms with van der Waals surface area (Å²) in [6.45, 7) is 0. The third-order valence-corrected chi connectivity index (χ3v) is 4.74. The molecule has 0 spiro atoms. The van der Waals surface area contributed by atoms with E-state index in [1.54, 1.807) is 0 Å². The van der Waals surface area contributed by atoms with Gasteiger partial charge in [0.2, 0.25) is 5.82 Å². The van der Waals surface area contributed by atoms with Crippen molar-refractivity contribution in [1.29, 1.82) is 0 Å². The number of hydrogen-bond acceptors (Lipinski definition) is 5. The first-order valence-electron chi connectivity index (χ1n) is 5.74. The van der Waals surface area contributed by atoms with Crippen LogP contribution in [-0.4, -0.2) is 36.8 Å². The van der Waals surface area contributed by atoms with E-state index >= 15 is 0 Å². The second-order valence-electron chi connectivity index (χ2n) is 4.50. The Morgan fingerprint density at radius 1 is 1.45 bits per heavy atom. The van der Waals surface area contributed by atoms with Crippen LogP contribution in [0.3, 0.4) is 0 Å². The van der Waals surface area contributed by atoms with Crippen molar-refractivity contribution in [3.8, 4) is 0 Å². The first-order chi connectivity index (χ1) is 9.28. The van der Waals surface area contributed by atoms with Gasteiger partial charge in [0.25, 0.3) is 5.91 Å². The normalized spacial score (nSPS) is 20.6. The molecule has 1 N–H and O–H groups in total. The zero-order valence-corrected chi connectivity index (χ0v) is 11.0. The Balaban J connectivity index is 2.14. The molecule has 1 saturated heterocycles. The summed E-state index contributed by atoms with van der Waals surface area (Å²) in [4.78, 5) is 21.5. The van der Waals surface area contributed by atoms with Crippen LogP contribution in [0.25, 0.3) is 0 Å². The SMILES string of the molecule is O=C(NC1CCS(=O)(=O)C1)c1ccc(F)c([N+](=O)[O-])c1. The van der Waals surface area contributed by atoms with Gasteiger partial charge in [0.15, 0.2) is 9.84 Å². The van der Waals surface area contributed by atoms with Gasteiger partial charge in [-0.1, -0.05) is 0 Å². The van der Waals surface area contributed by atoms with Crippen molar-refractivity contribution in [2.45, 2.75) is 12.5 Å². The molecule has 0 saturated carbocycles. The molecular formula is C11H11FN2O5S. The molecule has 0 aromatic heterocycles. The van der Waals surface area contributed by atoms with Crippen LogP contribution < -0.4 is 5.32 Å². The summed E-state index contributed by atoms with van der Waals surface area (Å²) in [5.74, 6) is -1.84. The number of halogens is 1. The molecule has 1 aromatic carbocycles. The summed E-state index contributed by atoms with van der Waals surface area (Å²) < 4.78 is 35.7. The van der Waals surface area contributed by atoms with E-state index in [9.17, 15) is 27.7 Å². The molecule has 1 aliphatic rings. The van der Waals surface area contributed by atoms with Crippen molar-refractivity contribution < 1.29 is 22.5 Å². The second-order valence-corrected chi connectivity index (χ2v) is 6.73. The van der Waals surface area contributed by atoms with Crippen LogP contribution in [0.2, 0.25) is 0 Å². The van der Waals surface area contributed by atoms with Crippen molar-refractivity contribution in [2.75, 3.05) is 11.5 Å². The number of carbonyl (C=O) groups is 1. The molecule has 1 heterocycles. The molecule has 0 aliphatic carbocycles. The van der Waals surface area contributed by atoms with Crippen molar-refractivity contribution in [2.24, 2.45) is 0 Å². The smallest absolute Gasteiger partial charge is 0.305 e. The fraction of sp³-hybridized carbons (Fsp3) is 0.364. The Hall–Kier alpha value is -2.03. The summed E-state index contributed by atoms with van der Waals surface area (Å²) in [6.07, 6.45) is 0.303. The van der Waals surface area contributed by atoms with Crippen molar-refractivity contribution in [3.05, 3.63) is 39.7 Å². The quantitative estimate of drug-likeness (QED) is 0.651. The number of nitrogens with one attached hydrogen (secondary N) is 1. The number of nitro groups is 1. The fourth-order valence-electron chi connectivity index (χ4n) is 1.97. The van der Waals surface area contributed by atoms with Crippen LogP contribution in [0.5, 0.6) is 0 Å². The molecule has 108 valence electrons. The fourth-order valence-corrected chi connectivity index (χ4v) is 3.64. The van der Waals surface area contributed by atoms with Crippen LogP contribution in [0.15, 0.2) is 18.2 Å². The van der Waals surface area contributed by atoms with Gasteiger partial charge in [0.1, 0.15) is 0 Å². The highest BCUT2D eigenvalue weighted by Crippen LogP contribution is 2.19. The first-order valence-corrected chi connectivity index (χ1v) is 7.56. The lowest BCUT2D eigenvalue weighted by Crippen LogP contribution is -2.35. The number of rotatable bonds is 3. The van der Waals surface area contributed by atoms with Gasteiger partial charge in [-0.2, -0.15) is 4.39 Å². The summed E-state index contributed by atoms with van der Waals surface area (Å²) >= 11 is 0. The third kappa shape index (κ3) is 3.10. The lowest BCUT2D eigenvalue weighted by molar-refractivity contribution is -0.387. The number of nitrogens with zero attached hydrogens (tertiary/aromatic N) is 1. The Morgan fingerprint density at radius 2 is 2.15 bits per heavy atom. The van der Waals surface area contributed by atoms with Gasteiger partial charge in [-0.25, -0.2) is 8.42 Å². The molecule has 0 radical (unpaired) electrons. The maximum Gasteiger partial charge on any atom is 0.305 e. The predicted octanol–water partition coefficient (Wildman–Crippen LogP) is 0.651. The predicted molar refractivity (Wildman–Crippen MR) is 67.6 cm³/mol. The van der Waals surface area contributed by atoms with Gasteiger partial charge in [0, 0.05) is 17.7 Å². The number of sulfone groups is 1. The second kappa shape index (κ2) is 5.16. The van der Waals surface area contributed by atoms with Gasteiger partial charge in [0.05, 0.1) is 16.4 Å². The Bertz CT molecular complexity index is 673. The minimum Gasteiger partial charge on any atom is -0.348 e. The highest BCUT2D eigenvalue weighted by atomic mass is 32.2. The van der Waals surface area contributed by atoms with E-state index in [2.05, 4.69) is 5.32 Å². The molecule has 1 fully saturated rings. The monoisotopic (exact) mass is 302 g/mol. The third-order valence-electron chi connectivity index (χ3n) is 2.97. The van der Waals surface area contributed by atoms with Crippen LogP contribution in [0.1, 0.15) is 16.8 Å². The zero-order valence-electron chi connectivity index (χ0n) is 10.2. The lowest BCUT2D eigenvalue weighted by Gasteiger charge is -2.10. The molecule has 2 rings (SSSR count). The molecule has 0 bridgehead atoms. The lowest BCUT2D eigenvalue weighted by atomic mass is 10.1. The number of nitro benzene ring substituents is 1. The highest BCUT2D eigenvalue weighted by Gasteiger charge is 2.29. The summed E-state index contributed by atoms with van der Waals surface area (Å²) in [5.41, 5.74) is -0.876. The Kier molecular flexibility index (Phi) is 3.71. The Labute approximate surface area is 113 Å². The molecule has 1 unspecified atom stereocenters. The van der Waals surface area contributed by atoms with E-state index in [-0.39, 0.29) is 17.1 Å². The molecule has 1 atom stereocenters. The van der Waals surface area contributed by atoms with Gasteiger partial charge in [-0.3, -0.25) is 14.9 Å². The van der Waals surface area contributed by atoms with E-state index in [1.807, 2.05) is 0 Å². The average molecular weight is 302 g/mol. The maximum absolute atomic E-state index is 13.1. The highest BCUT2D eigenvalue weighted by molar-refractivity contribution is 7.91. The van der Waals surface area contributed by atoms with E-state index in [4.69, 9.17) is 0 Å². The van der Waals surface area contributed by atoms with Crippen LogP contribution in [0, 0.1) is 15.9 Å². The van der Waals surface area contributed by atoms with Crippen LogP contribution >= 0.6 is 0 Å². The van der Waals surface area contributed by atoms with Crippen LogP contribution in [0.4, 0.5) is 10.1 Å². The standard InChI is InChI=1S/C11H11FN2O5S/c12-9-2-1-7(5-10(9)14(16)17)11(15)13-8-3-4-20(18,19)6-8/h1-2,5,8H,3-4,6H2,(H,13,15). The van der Waals surface area contributed by atoms with E-state index in [0.29, 0.717) is 6.42 Å².